The van der Waals surface area contributed by atoms with Crippen LogP contribution in [0.5, 0.6) is 0 Å². The van der Waals surface area contributed by atoms with Gasteiger partial charge in [-0.15, -0.1) is 0 Å². The molecule has 0 unspecified atom stereocenters. The van der Waals surface area contributed by atoms with E-state index in [0.29, 0.717) is 12.0 Å². The Morgan fingerprint density at radius 3 is 2.82 bits per heavy atom. The Morgan fingerprint density at radius 1 is 1.64 bits per heavy atom. The lowest BCUT2D eigenvalue weighted by atomic mass is 9.80. The number of hydrogen-bond acceptors (Lipinski definition) is 2. The number of nitrogens with one attached hydrogen (secondary N) is 1. The van der Waals surface area contributed by atoms with Crippen LogP contribution in [0.1, 0.15) is 30.3 Å². The first-order valence-electron chi connectivity index (χ1n) is 4.03. The van der Waals surface area contributed by atoms with Crippen molar-refractivity contribution in [1.29, 1.82) is 0 Å². The van der Waals surface area contributed by atoms with E-state index >= 15 is 0 Å². The third kappa shape index (κ3) is 1.16. The summed E-state index contributed by atoms with van der Waals surface area (Å²) in [5, 5.41) is 0. The van der Waals surface area contributed by atoms with E-state index in [-0.39, 0.29) is 0 Å². The molecule has 3 heteroatoms. The topological polar surface area (TPSA) is 54.7 Å². The summed E-state index contributed by atoms with van der Waals surface area (Å²) >= 11 is 0. The van der Waals surface area contributed by atoms with Crippen LogP contribution in [0.4, 0.5) is 0 Å². The zero-order valence-corrected chi connectivity index (χ0v) is 6.67. The standard InChI is InChI=1S/C8H13N3/c1-5-4-10-8(11-5)6-2-7(9)3-6/h4,6-7H,2-3,9H2,1H3,(H,10,11). The number of rotatable bonds is 1. The highest BCUT2D eigenvalue weighted by Crippen LogP contribution is 2.33. The normalized spacial score (nSPS) is 30.0. The maximum Gasteiger partial charge on any atom is 0.109 e. The van der Waals surface area contributed by atoms with Crippen molar-refractivity contribution < 1.29 is 0 Å². The molecule has 0 atom stereocenters. The molecule has 1 fully saturated rings. The monoisotopic (exact) mass is 151 g/mol. The Kier molecular flexibility index (Phi) is 1.46. The molecule has 0 aromatic carbocycles. The van der Waals surface area contributed by atoms with Gasteiger partial charge in [-0.05, 0) is 19.8 Å². The van der Waals surface area contributed by atoms with E-state index in [1.165, 1.54) is 0 Å². The molecule has 0 amide bonds. The number of nitrogens with two attached hydrogens (primary N) is 1. The molecule has 0 radical (unpaired) electrons. The average molecular weight is 151 g/mol. The molecule has 3 nitrogen and oxygen atoms in total. The van der Waals surface area contributed by atoms with Gasteiger partial charge in [-0.25, -0.2) is 4.98 Å². The van der Waals surface area contributed by atoms with Crippen LogP contribution in [0.3, 0.4) is 0 Å². The quantitative estimate of drug-likeness (QED) is 0.627. The first-order chi connectivity index (χ1) is 5.25. The van der Waals surface area contributed by atoms with Gasteiger partial charge in [0.15, 0.2) is 0 Å². The van der Waals surface area contributed by atoms with Crippen LogP contribution >= 0.6 is 0 Å². The molecule has 11 heavy (non-hydrogen) atoms. The zero-order chi connectivity index (χ0) is 7.84. The summed E-state index contributed by atoms with van der Waals surface area (Å²) < 4.78 is 0. The van der Waals surface area contributed by atoms with Crippen molar-refractivity contribution in [3.63, 3.8) is 0 Å². The second-order valence-electron chi connectivity index (χ2n) is 3.38. The predicted octanol–water partition coefficient (Wildman–Crippen LogP) is 0.923. The highest BCUT2D eigenvalue weighted by Gasteiger charge is 2.29. The lowest BCUT2D eigenvalue weighted by molar-refractivity contribution is 0.340. The molecule has 0 saturated heterocycles. The highest BCUT2D eigenvalue weighted by atomic mass is 14.9. The smallest absolute Gasteiger partial charge is 0.109 e. The van der Waals surface area contributed by atoms with Crippen LogP contribution in [-0.2, 0) is 0 Å². The number of imidazole rings is 1. The van der Waals surface area contributed by atoms with Gasteiger partial charge in [0.2, 0.25) is 0 Å². The molecule has 2 rings (SSSR count). The first-order valence-corrected chi connectivity index (χ1v) is 4.03. The third-order valence-electron chi connectivity index (χ3n) is 2.28. The summed E-state index contributed by atoms with van der Waals surface area (Å²) in [7, 11) is 0. The molecule has 1 aromatic rings. The van der Waals surface area contributed by atoms with E-state index in [9.17, 15) is 0 Å². The van der Waals surface area contributed by atoms with Crippen LogP contribution in [0, 0.1) is 6.92 Å². The van der Waals surface area contributed by atoms with Crippen LogP contribution in [0.15, 0.2) is 6.20 Å². The van der Waals surface area contributed by atoms with Crippen LogP contribution < -0.4 is 5.73 Å². The van der Waals surface area contributed by atoms with Gasteiger partial charge in [-0.2, -0.15) is 0 Å². The minimum absolute atomic E-state index is 0.408. The average Bonchev–Trinajstić information content (AvgIpc) is 2.29. The largest absolute Gasteiger partial charge is 0.346 e. The van der Waals surface area contributed by atoms with Crippen molar-refractivity contribution in [2.24, 2.45) is 5.73 Å². The summed E-state index contributed by atoms with van der Waals surface area (Å²) in [5.74, 6) is 1.71. The number of hydrogen-bond donors (Lipinski definition) is 2. The van der Waals surface area contributed by atoms with E-state index < -0.39 is 0 Å². The van der Waals surface area contributed by atoms with Crippen LogP contribution in [0.2, 0.25) is 0 Å². The molecule has 1 saturated carbocycles. The van der Waals surface area contributed by atoms with E-state index in [1.54, 1.807) is 0 Å². The summed E-state index contributed by atoms with van der Waals surface area (Å²) in [5.41, 5.74) is 6.81. The molecule has 0 bridgehead atoms. The van der Waals surface area contributed by atoms with Gasteiger partial charge in [-0.3, -0.25) is 0 Å². The van der Waals surface area contributed by atoms with Gasteiger partial charge in [0.05, 0.1) is 0 Å². The number of H-pyrrole nitrogens is 1. The Morgan fingerprint density at radius 2 is 2.36 bits per heavy atom. The molecular formula is C8H13N3. The van der Waals surface area contributed by atoms with E-state index in [1.807, 2.05) is 13.1 Å². The van der Waals surface area contributed by atoms with Gasteiger partial charge >= 0.3 is 0 Å². The summed E-state index contributed by atoms with van der Waals surface area (Å²) in [4.78, 5) is 7.49. The predicted molar refractivity (Wildman–Crippen MR) is 43.3 cm³/mol. The number of aromatic nitrogens is 2. The fourth-order valence-electron chi connectivity index (χ4n) is 1.53. The number of aryl methyl sites for hydroxylation is 1. The van der Waals surface area contributed by atoms with Crippen molar-refractivity contribution in [3.8, 4) is 0 Å². The number of nitrogens with zero attached hydrogens (tertiary/aromatic N) is 1. The number of aromatic amines is 1. The molecule has 0 spiro atoms. The van der Waals surface area contributed by atoms with Crippen LogP contribution in [0.25, 0.3) is 0 Å². The Bertz CT molecular complexity index is 248. The van der Waals surface area contributed by atoms with Gasteiger partial charge in [0.25, 0.3) is 0 Å². The van der Waals surface area contributed by atoms with E-state index in [2.05, 4.69) is 9.97 Å². The molecule has 1 aliphatic rings. The third-order valence-corrected chi connectivity index (χ3v) is 2.28. The van der Waals surface area contributed by atoms with Gasteiger partial charge in [0, 0.05) is 23.9 Å². The SMILES string of the molecule is Cc1cnc(C2CC(N)C2)[nH]1. The fourth-order valence-corrected chi connectivity index (χ4v) is 1.53. The van der Waals surface area contributed by atoms with Crippen molar-refractivity contribution in [2.45, 2.75) is 31.7 Å². The van der Waals surface area contributed by atoms with E-state index in [4.69, 9.17) is 5.73 Å². The highest BCUT2D eigenvalue weighted by molar-refractivity contribution is 5.08. The minimum atomic E-state index is 0.408. The minimum Gasteiger partial charge on any atom is -0.346 e. The van der Waals surface area contributed by atoms with Crippen molar-refractivity contribution in [2.75, 3.05) is 0 Å². The second kappa shape index (κ2) is 2.34. The summed E-state index contributed by atoms with van der Waals surface area (Å²) in [6.07, 6.45) is 4.05. The Balaban J connectivity index is 2.07. The van der Waals surface area contributed by atoms with Crippen molar-refractivity contribution in [1.82, 2.24) is 9.97 Å². The summed E-state index contributed by atoms with van der Waals surface area (Å²) in [6, 6.07) is 0.408. The maximum atomic E-state index is 5.67. The Hall–Kier alpha value is -0.830. The van der Waals surface area contributed by atoms with Gasteiger partial charge < -0.3 is 10.7 Å². The van der Waals surface area contributed by atoms with Gasteiger partial charge in [0.1, 0.15) is 5.82 Å². The van der Waals surface area contributed by atoms with Crippen molar-refractivity contribution in [3.05, 3.63) is 17.7 Å². The molecule has 1 heterocycles. The second-order valence-corrected chi connectivity index (χ2v) is 3.38. The lowest BCUT2D eigenvalue weighted by Crippen LogP contribution is -2.35. The van der Waals surface area contributed by atoms with Crippen LogP contribution in [-0.4, -0.2) is 16.0 Å². The summed E-state index contributed by atoms with van der Waals surface area (Å²) in [6.45, 7) is 2.02. The molecule has 3 N–H and O–H groups in total. The molecule has 60 valence electrons. The molecular weight excluding hydrogens is 138 g/mol. The van der Waals surface area contributed by atoms with Crippen molar-refractivity contribution >= 4 is 0 Å². The molecule has 1 aromatic heterocycles. The lowest BCUT2D eigenvalue weighted by Gasteiger charge is -2.30. The molecule has 0 aliphatic heterocycles. The molecule has 1 aliphatic carbocycles. The maximum absolute atomic E-state index is 5.67. The van der Waals surface area contributed by atoms with Gasteiger partial charge in [-0.1, -0.05) is 0 Å². The first kappa shape index (κ1) is 6.85. The zero-order valence-electron chi connectivity index (χ0n) is 6.67. The fraction of sp³-hybridized carbons (Fsp3) is 0.625. The van der Waals surface area contributed by atoms with E-state index in [0.717, 1.165) is 24.4 Å². The Labute approximate surface area is 66.0 Å².